The molecular weight excluding hydrogens is 410 g/mol. The van der Waals surface area contributed by atoms with Gasteiger partial charge in [0.25, 0.3) is 0 Å². The van der Waals surface area contributed by atoms with E-state index >= 15 is 0 Å². The van der Waals surface area contributed by atoms with Gasteiger partial charge in [-0.1, -0.05) is 35.0 Å². The predicted molar refractivity (Wildman–Crippen MR) is 121 cm³/mol. The smallest absolute Gasteiger partial charge is 0.129 e. The minimum Gasteiger partial charge on any atom is -0.489 e. The molecule has 6 nitrogen and oxygen atoms in total. The molecule has 158 valence electrons. The van der Waals surface area contributed by atoms with E-state index < -0.39 is 0 Å². The van der Waals surface area contributed by atoms with E-state index in [0.717, 1.165) is 54.1 Å². The Labute approximate surface area is 186 Å². The van der Waals surface area contributed by atoms with Crippen LogP contribution in [0.4, 0.5) is 0 Å². The fourth-order valence-corrected chi connectivity index (χ4v) is 3.41. The van der Waals surface area contributed by atoms with Gasteiger partial charge >= 0.3 is 0 Å². The Morgan fingerprint density at radius 1 is 1.00 bits per heavy atom. The Balaban J connectivity index is 1.27. The lowest BCUT2D eigenvalue weighted by Crippen LogP contribution is -2.01. The fourth-order valence-electron chi connectivity index (χ4n) is 3.30. The number of hydrogen-bond acceptors (Lipinski definition) is 5. The normalized spacial score (nSPS) is 10.9. The largest absolute Gasteiger partial charge is 0.489 e. The van der Waals surface area contributed by atoms with Gasteiger partial charge in [0.1, 0.15) is 17.5 Å². The molecule has 0 bridgehead atoms. The van der Waals surface area contributed by atoms with Crippen LogP contribution >= 0.6 is 11.6 Å². The van der Waals surface area contributed by atoms with Crippen LogP contribution in [0.25, 0.3) is 11.3 Å². The summed E-state index contributed by atoms with van der Waals surface area (Å²) in [5.41, 5.74) is 5.12. The molecule has 1 aromatic carbocycles. The fraction of sp³-hybridized carbons (Fsp3) is 0.250. The summed E-state index contributed by atoms with van der Waals surface area (Å²) in [4.78, 5) is 8.81. The highest BCUT2D eigenvalue weighted by Crippen LogP contribution is 2.21. The lowest BCUT2D eigenvalue weighted by Gasteiger charge is -2.10. The van der Waals surface area contributed by atoms with Gasteiger partial charge in [0, 0.05) is 35.8 Å². The van der Waals surface area contributed by atoms with Crippen molar-refractivity contribution in [2.75, 3.05) is 0 Å². The summed E-state index contributed by atoms with van der Waals surface area (Å²) in [7, 11) is 0. The predicted octanol–water partition coefficient (Wildman–Crippen LogP) is 5.30. The van der Waals surface area contributed by atoms with Crippen LogP contribution in [0, 0.1) is 6.92 Å². The summed E-state index contributed by atoms with van der Waals surface area (Å²) in [5.74, 6) is 0.858. The molecule has 0 aliphatic heterocycles. The number of ether oxygens (including phenoxy) is 1. The average molecular weight is 434 g/mol. The average Bonchev–Trinajstić information content (AvgIpc) is 3.31. The zero-order valence-electron chi connectivity index (χ0n) is 17.4. The topological polar surface area (TPSA) is 65.7 Å². The number of aromatic nitrogens is 5. The van der Waals surface area contributed by atoms with Gasteiger partial charge in [-0.3, -0.25) is 9.67 Å². The maximum absolute atomic E-state index is 5.98. The van der Waals surface area contributed by atoms with Gasteiger partial charge in [0.05, 0.1) is 11.9 Å². The van der Waals surface area contributed by atoms with E-state index in [1.807, 2.05) is 42.1 Å². The summed E-state index contributed by atoms with van der Waals surface area (Å²) in [5, 5.41) is 8.28. The van der Waals surface area contributed by atoms with Gasteiger partial charge in [0.2, 0.25) is 0 Å². The molecule has 4 aromatic rings. The third-order valence-electron chi connectivity index (χ3n) is 5.11. The summed E-state index contributed by atoms with van der Waals surface area (Å²) >= 11 is 5.86. The van der Waals surface area contributed by atoms with Gasteiger partial charge in [-0.15, -0.1) is 5.10 Å². The van der Waals surface area contributed by atoms with Crippen molar-refractivity contribution in [3.8, 4) is 17.0 Å². The van der Waals surface area contributed by atoms with E-state index in [0.29, 0.717) is 11.8 Å². The third-order valence-corrected chi connectivity index (χ3v) is 5.33. The van der Waals surface area contributed by atoms with Gasteiger partial charge in [-0.2, -0.15) is 0 Å². The molecule has 0 unspecified atom stereocenters. The Morgan fingerprint density at radius 2 is 1.87 bits per heavy atom. The second-order valence-electron chi connectivity index (χ2n) is 7.37. The SMILES string of the molecule is Cc1nc(-c2ccc(Cl)nc2)ccc1COc1ccc(CCCCn2ccnn2)cc1. The van der Waals surface area contributed by atoms with Crippen molar-refractivity contribution in [2.24, 2.45) is 0 Å². The molecule has 0 atom stereocenters. The molecule has 0 spiro atoms. The summed E-state index contributed by atoms with van der Waals surface area (Å²) in [6.45, 7) is 3.38. The Kier molecular flexibility index (Phi) is 6.89. The number of unbranched alkanes of at least 4 members (excludes halogenated alkanes) is 1. The second kappa shape index (κ2) is 10.2. The maximum atomic E-state index is 5.98. The van der Waals surface area contributed by atoms with Crippen LogP contribution in [0.2, 0.25) is 5.15 Å². The van der Waals surface area contributed by atoms with Gasteiger partial charge in [-0.05, 0) is 62.1 Å². The minimum atomic E-state index is 0.475. The van der Waals surface area contributed by atoms with E-state index in [1.165, 1.54) is 5.56 Å². The number of halogens is 1. The van der Waals surface area contributed by atoms with Crippen molar-refractivity contribution in [2.45, 2.75) is 39.3 Å². The second-order valence-corrected chi connectivity index (χ2v) is 7.75. The third kappa shape index (κ3) is 5.89. The standard InChI is InChI=1S/C24H24ClN5O/c1-18-21(7-11-23(28-18)20-8-12-24(25)26-16-20)17-31-22-9-5-19(6-10-22)4-2-3-14-30-15-13-27-29-30/h5-13,15-16H,2-4,14,17H2,1H3. The van der Waals surface area contributed by atoms with E-state index in [-0.39, 0.29) is 0 Å². The van der Waals surface area contributed by atoms with Crippen molar-refractivity contribution in [1.82, 2.24) is 25.0 Å². The van der Waals surface area contributed by atoms with Gasteiger partial charge in [-0.25, -0.2) is 4.98 Å². The van der Waals surface area contributed by atoms with E-state index in [9.17, 15) is 0 Å². The highest BCUT2D eigenvalue weighted by molar-refractivity contribution is 6.29. The van der Waals surface area contributed by atoms with Crippen LogP contribution in [0.15, 0.2) is 67.1 Å². The Hall–Kier alpha value is -3.25. The zero-order chi connectivity index (χ0) is 21.5. The number of benzene rings is 1. The van der Waals surface area contributed by atoms with Gasteiger partial charge in [0.15, 0.2) is 0 Å². The molecule has 0 amide bonds. The lowest BCUT2D eigenvalue weighted by molar-refractivity contribution is 0.305. The number of aryl methyl sites for hydroxylation is 3. The number of rotatable bonds is 9. The van der Waals surface area contributed by atoms with E-state index in [4.69, 9.17) is 16.3 Å². The first-order valence-corrected chi connectivity index (χ1v) is 10.7. The van der Waals surface area contributed by atoms with E-state index in [2.05, 4.69) is 38.5 Å². The Morgan fingerprint density at radius 3 is 2.58 bits per heavy atom. The van der Waals surface area contributed by atoms with E-state index in [1.54, 1.807) is 18.5 Å². The van der Waals surface area contributed by atoms with Crippen molar-refractivity contribution in [1.29, 1.82) is 0 Å². The Bertz CT molecular complexity index is 1100. The van der Waals surface area contributed by atoms with Crippen molar-refractivity contribution in [3.63, 3.8) is 0 Å². The van der Waals surface area contributed by atoms with Crippen LogP contribution in [0.3, 0.4) is 0 Å². The molecule has 3 aromatic heterocycles. The van der Waals surface area contributed by atoms with Crippen molar-refractivity contribution in [3.05, 3.63) is 89.1 Å². The molecule has 0 radical (unpaired) electrons. The van der Waals surface area contributed by atoms with Crippen molar-refractivity contribution >= 4 is 11.6 Å². The first-order valence-electron chi connectivity index (χ1n) is 10.3. The molecule has 7 heteroatoms. The molecular formula is C24H24ClN5O. The number of pyridine rings is 2. The molecule has 0 aliphatic rings. The molecule has 0 saturated heterocycles. The molecule has 0 fully saturated rings. The summed E-state index contributed by atoms with van der Waals surface area (Å²) < 4.78 is 7.84. The highest BCUT2D eigenvalue weighted by atomic mass is 35.5. The lowest BCUT2D eigenvalue weighted by atomic mass is 10.1. The molecule has 0 saturated carbocycles. The number of hydrogen-bond donors (Lipinski definition) is 0. The zero-order valence-corrected chi connectivity index (χ0v) is 18.2. The van der Waals surface area contributed by atoms with Crippen LogP contribution in [0.1, 0.15) is 29.7 Å². The molecule has 4 rings (SSSR count). The first-order chi connectivity index (χ1) is 15.2. The first kappa shape index (κ1) is 21.0. The van der Waals surface area contributed by atoms with Crippen LogP contribution < -0.4 is 4.74 Å². The molecule has 0 aliphatic carbocycles. The van der Waals surface area contributed by atoms with Crippen LogP contribution in [0.5, 0.6) is 5.75 Å². The molecule has 31 heavy (non-hydrogen) atoms. The quantitative estimate of drug-likeness (QED) is 0.265. The molecule has 0 N–H and O–H groups in total. The highest BCUT2D eigenvalue weighted by Gasteiger charge is 2.06. The summed E-state index contributed by atoms with van der Waals surface area (Å²) in [6.07, 6.45) is 8.57. The maximum Gasteiger partial charge on any atom is 0.129 e. The van der Waals surface area contributed by atoms with Crippen LogP contribution in [-0.4, -0.2) is 25.0 Å². The van der Waals surface area contributed by atoms with Crippen LogP contribution in [-0.2, 0) is 19.6 Å². The number of nitrogens with zero attached hydrogens (tertiary/aromatic N) is 5. The van der Waals surface area contributed by atoms with Gasteiger partial charge < -0.3 is 4.74 Å². The minimum absolute atomic E-state index is 0.475. The summed E-state index contributed by atoms with van der Waals surface area (Å²) in [6, 6.07) is 16.1. The molecule has 3 heterocycles. The van der Waals surface area contributed by atoms with Crippen molar-refractivity contribution < 1.29 is 4.74 Å². The monoisotopic (exact) mass is 433 g/mol.